The molecule has 0 fully saturated rings. The molecule has 0 spiro atoms. The largest absolute Gasteiger partial charge is 0.504 e. The van der Waals surface area contributed by atoms with Crippen LogP contribution in [0.25, 0.3) is 0 Å². The Bertz CT molecular complexity index is 867. The second kappa shape index (κ2) is 8.05. The predicted octanol–water partition coefficient (Wildman–Crippen LogP) is 4.61. The summed E-state index contributed by atoms with van der Waals surface area (Å²) in [5.74, 6) is 0.416. The monoisotopic (exact) mass is 395 g/mol. The molecule has 5 heteroatoms. The fourth-order valence-electron chi connectivity index (χ4n) is 5.02. The quantitative estimate of drug-likeness (QED) is 0.788. The number of hydrogen-bond donors (Lipinski definition) is 1. The molecule has 1 aromatic rings. The van der Waals surface area contributed by atoms with Crippen molar-refractivity contribution in [3.63, 3.8) is 0 Å². The molecular formula is C24H29NO4. The van der Waals surface area contributed by atoms with Crippen LogP contribution in [-0.2, 0) is 9.59 Å². The lowest BCUT2D eigenvalue weighted by Crippen LogP contribution is -2.39. The van der Waals surface area contributed by atoms with Crippen molar-refractivity contribution in [3.8, 4) is 11.5 Å². The van der Waals surface area contributed by atoms with Crippen molar-refractivity contribution < 1.29 is 19.4 Å². The average molecular weight is 395 g/mol. The maximum absolute atomic E-state index is 13.1. The summed E-state index contributed by atoms with van der Waals surface area (Å²) in [5, 5.41) is 10.2. The Morgan fingerprint density at radius 2 is 1.62 bits per heavy atom. The van der Waals surface area contributed by atoms with Crippen molar-refractivity contribution in [2.75, 3.05) is 13.2 Å². The molecule has 4 rings (SSSR count). The van der Waals surface area contributed by atoms with Gasteiger partial charge < -0.3 is 14.7 Å². The van der Waals surface area contributed by atoms with Crippen LogP contribution in [0.4, 0.5) is 0 Å². The number of ether oxygens (including phenoxy) is 1. The second-order valence-corrected chi connectivity index (χ2v) is 8.02. The number of ketones is 2. The minimum atomic E-state index is -0.353. The maximum Gasteiger partial charge on any atom is 0.161 e. The standard InChI is InChI=1S/C24H29NO4/c1-3-13-25-16-7-5-9-19(27)23(16)22(24-17(25)8-6-10-20(24)28)15-11-12-18(26)21(14-15)29-4-2/h11-12,14,22,26H,3-10,13H2,1-2H3. The van der Waals surface area contributed by atoms with E-state index in [1.54, 1.807) is 12.1 Å². The van der Waals surface area contributed by atoms with Crippen molar-refractivity contribution >= 4 is 11.6 Å². The van der Waals surface area contributed by atoms with Crippen molar-refractivity contribution in [2.45, 2.75) is 64.7 Å². The number of nitrogens with zero attached hydrogens (tertiary/aromatic N) is 1. The number of benzene rings is 1. The first kappa shape index (κ1) is 19.7. The van der Waals surface area contributed by atoms with E-state index in [9.17, 15) is 14.7 Å². The summed E-state index contributed by atoms with van der Waals surface area (Å²) in [5.41, 5.74) is 4.63. The van der Waals surface area contributed by atoms with Crippen LogP contribution < -0.4 is 4.74 Å². The smallest absolute Gasteiger partial charge is 0.161 e. The molecule has 0 aromatic heterocycles. The van der Waals surface area contributed by atoms with E-state index in [1.807, 2.05) is 13.0 Å². The van der Waals surface area contributed by atoms with Gasteiger partial charge in [0.05, 0.1) is 6.61 Å². The van der Waals surface area contributed by atoms with Crippen molar-refractivity contribution in [2.24, 2.45) is 0 Å². The van der Waals surface area contributed by atoms with Gasteiger partial charge in [0.2, 0.25) is 0 Å². The van der Waals surface area contributed by atoms with Crippen LogP contribution in [0.15, 0.2) is 40.7 Å². The van der Waals surface area contributed by atoms with Crippen molar-refractivity contribution in [1.29, 1.82) is 0 Å². The molecule has 0 saturated heterocycles. The molecule has 0 bridgehead atoms. The zero-order chi connectivity index (χ0) is 20.5. The Labute approximate surface area is 172 Å². The molecule has 0 unspecified atom stereocenters. The van der Waals surface area contributed by atoms with Crippen LogP contribution in [0.3, 0.4) is 0 Å². The van der Waals surface area contributed by atoms with E-state index in [2.05, 4.69) is 11.8 Å². The number of aromatic hydroxyl groups is 1. The normalized spacial score (nSPS) is 20.1. The lowest BCUT2D eigenvalue weighted by Gasteiger charge is -2.44. The zero-order valence-electron chi connectivity index (χ0n) is 17.3. The van der Waals surface area contributed by atoms with Crippen LogP contribution in [0.2, 0.25) is 0 Å². The van der Waals surface area contributed by atoms with Gasteiger partial charge in [0.25, 0.3) is 0 Å². The van der Waals surface area contributed by atoms with Gasteiger partial charge in [0.15, 0.2) is 23.1 Å². The summed E-state index contributed by atoms with van der Waals surface area (Å²) in [7, 11) is 0. The minimum absolute atomic E-state index is 0.0763. The van der Waals surface area contributed by atoms with Gasteiger partial charge in [0.1, 0.15) is 0 Å². The van der Waals surface area contributed by atoms with Gasteiger partial charge >= 0.3 is 0 Å². The summed E-state index contributed by atoms with van der Waals surface area (Å²) < 4.78 is 5.59. The van der Waals surface area contributed by atoms with Gasteiger partial charge in [-0.05, 0) is 56.7 Å². The molecule has 5 nitrogen and oxygen atoms in total. The van der Waals surface area contributed by atoms with Crippen LogP contribution in [0.1, 0.15) is 70.3 Å². The summed E-state index contributed by atoms with van der Waals surface area (Å²) in [6, 6.07) is 5.24. The molecule has 1 aromatic carbocycles. The molecule has 0 radical (unpaired) electrons. The van der Waals surface area contributed by atoms with E-state index in [1.165, 1.54) is 0 Å². The van der Waals surface area contributed by atoms with Crippen molar-refractivity contribution in [3.05, 3.63) is 46.3 Å². The molecule has 1 N–H and O–H groups in total. The molecule has 0 saturated carbocycles. The first-order chi connectivity index (χ1) is 14.1. The van der Waals surface area contributed by atoms with Gasteiger partial charge in [-0.3, -0.25) is 9.59 Å². The number of phenols is 1. The number of Topliss-reactive ketones (excluding diaryl/α,β-unsaturated/α-hetero) is 2. The molecule has 1 heterocycles. The molecule has 29 heavy (non-hydrogen) atoms. The SMILES string of the molecule is CCCN1C2=C(C(=O)CCC2)C(c2ccc(O)c(OCC)c2)C2=C1CCCC2=O. The Balaban J connectivity index is 1.93. The third-order valence-electron chi connectivity index (χ3n) is 6.15. The Morgan fingerprint density at radius 3 is 2.17 bits per heavy atom. The van der Waals surface area contributed by atoms with Gasteiger partial charge in [0, 0.05) is 47.8 Å². The maximum atomic E-state index is 13.1. The molecule has 0 atom stereocenters. The van der Waals surface area contributed by atoms with Gasteiger partial charge in [-0.15, -0.1) is 0 Å². The third-order valence-corrected chi connectivity index (χ3v) is 6.15. The molecular weight excluding hydrogens is 366 g/mol. The molecule has 1 aliphatic heterocycles. The fourth-order valence-corrected chi connectivity index (χ4v) is 5.02. The van der Waals surface area contributed by atoms with E-state index in [4.69, 9.17) is 4.74 Å². The topological polar surface area (TPSA) is 66.8 Å². The molecule has 0 amide bonds. The zero-order valence-corrected chi connectivity index (χ0v) is 17.3. The summed E-state index contributed by atoms with van der Waals surface area (Å²) >= 11 is 0. The highest BCUT2D eigenvalue weighted by molar-refractivity contribution is 6.06. The second-order valence-electron chi connectivity index (χ2n) is 8.02. The first-order valence-electron chi connectivity index (χ1n) is 10.8. The van der Waals surface area contributed by atoms with Crippen LogP contribution in [0.5, 0.6) is 11.5 Å². The number of hydrogen-bond acceptors (Lipinski definition) is 5. The number of carbonyl (C=O) groups is 2. The third kappa shape index (κ3) is 3.37. The Morgan fingerprint density at radius 1 is 1.00 bits per heavy atom. The highest BCUT2D eigenvalue weighted by Crippen LogP contribution is 2.49. The van der Waals surface area contributed by atoms with Crippen LogP contribution >= 0.6 is 0 Å². The number of rotatable bonds is 5. The van der Waals surface area contributed by atoms with Gasteiger partial charge in [-0.2, -0.15) is 0 Å². The average Bonchev–Trinajstić information content (AvgIpc) is 2.71. The van der Waals surface area contributed by atoms with E-state index < -0.39 is 0 Å². The predicted molar refractivity (Wildman–Crippen MR) is 111 cm³/mol. The summed E-state index contributed by atoms with van der Waals surface area (Å²) in [6.45, 7) is 5.28. The van der Waals surface area contributed by atoms with Gasteiger partial charge in [-0.1, -0.05) is 13.0 Å². The van der Waals surface area contributed by atoms with Crippen LogP contribution in [-0.4, -0.2) is 34.7 Å². The van der Waals surface area contributed by atoms with Crippen LogP contribution in [0, 0.1) is 0 Å². The van der Waals surface area contributed by atoms with E-state index in [0.29, 0.717) is 25.2 Å². The lowest BCUT2D eigenvalue weighted by atomic mass is 9.71. The van der Waals surface area contributed by atoms with Gasteiger partial charge in [-0.25, -0.2) is 0 Å². The fraction of sp³-hybridized carbons (Fsp3) is 0.500. The first-order valence-corrected chi connectivity index (χ1v) is 10.8. The van der Waals surface area contributed by atoms with E-state index >= 15 is 0 Å². The highest BCUT2D eigenvalue weighted by atomic mass is 16.5. The number of phenolic OH excluding ortho intramolecular Hbond substituents is 1. The summed E-state index contributed by atoms with van der Waals surface area (Å²) in [4.78, 5) is 28.5. The number of allylic oxidation sites excluding steroid dienone is 4. The Kier molecular flexibility index (Phi) is 5.48. The summed E-state index contributed by atoms with van der Waals surface area (Å²) in [6.07, 6.45) is 5.50. The number of carbonyl (C=O) groups excluding carboxylic acids is 2. The molecule has 154 valence electrons. The molecule has 2 aliphatic carbocycles. The Hall–Kier alpha value is -2.56. The van der Waals surface area contributed by atoms with Crippen molar-refractivity contribution in [1.82, 2.24) is 4.90 Å². The highest BCUT2D eigenvalue weighted by Gasteiger charge is 2.43. The molecule has 3 aliphatic rings. The van der Waals surface area contributed by atoms with E-state index in [0.717, 1.165) is 66.8 Å². The minimum Gasteiger partial charge on any atom is -0.504 e. The lowest BCUT2D eigenvalue weighted by molar-refractivity contribution is -0.117. The van der Waals surface area contributed by atoms with E-state index in [-0.39, 0.29) is 23.2 Å².